The molecule has 31 heavy (non-hydrogen) atoms. The number of fused-ring (bicyclic) bond motifs is 1. The summed E-state index contributed by atoms with van der Waals surface area (Å²) in [4.78, 5) is 40.7. The van der Waals surface area contributed by atoms with Crippen LogP contribution in [0.4, 0.5) is 5.82 Å². The number of anilines is 1. The lowest BCUT2D eigenvalue weighted by molar-refractivity contribution is -0.131. The third kappa shape index (κ3) is 4.09. The highest BCUT2D eigenvalue weighted by Gasteiger charge is 2.21. The molecular formula is C22H25N5O4. The van der Waals surface area contributed by atoms with E-state index in [1.165, 1.54) is 7.11 Å². The zero-order chi connectivity index (χ0) is 22.0. The molecular weight excluding hydrogens is 398 g/mol. The van der Waals surface area contributed by atoms with E-state index in [0.29, 0.717) is 66.3 Å². The molecule has 3 heterocycles. The summed E-state index contributed by atoms with van der Waals surface area (Å²) in [7, 11) is 1.47. The molecule has 0 aliphatic carbocycles. The van der Waals surface area contributed by atoms with Gasteiger partial charge in [-0.2, -0.15) is 0 Å². The van der Waals surface area contributed by atoms with E-state index < -0.39 is 0 Å². The lowest BCUT2D eigenvalue weighted by atomic mass is 10.1. The maximum absolute atomic E-state index is 12.8. The Balaban J connectivity index is 1.66. The molecule has 0 bridgehead atoms. The van der Waals surface area contributed by atoms with Crippen LogP contribution in [0.3, 0.4) is 0 Å². The number of amides is 1. The molecule has 3 aromatic rings. The van der Waals surface area contributed by atoms with Crippen molar-refractivity contribution < 1.29 is 14.6 Å². The van der Waals surface area contributed by atoms with Crippen LogP contribution in [0.5, 0.6) is 5.75 Å². The highest BCUT2D eigenvalue weighted by atomic mass is 16.5. The van der Waals surface area contributed by atoms with Crippen molar-refractivity contribution in [3.8, 4) is 17.3 Å². The average molecular weight is 423 g/mol. The molecule has 162 valence electrons. The predicted molar refractivity (Wildman–Crippen MR) is 117 cm³/mol. The lowest BCUT2D eigenvalue weighted by Crippen LogP contribution is -2.48. The Morgan fingerprint density at radius 3 is 2.65 bits per heavy atom. The van der Waals surface area contributed by atoms with Crippen LogP contribution < -0.4 is 15.2 Å². The number of carbonyl (C=O) groups is 1. The second-order valence-corrected chi connectivity index (χ2v) is 7.37. The summed E-state index contributed by atoms with van der Waals surface area (Å²) in [6.07, 6.45) is 0.511. The van der Waals surface area contributed by atoms with Gasteiger partial charge >= 0.3 is 0 Å². The quantitative estimate of drug-likeness (QED) is 0.640. The highest BCUT2D eigenvalue weighted by Crippen LogP contribution is 2.26. The van der Waals surface area contributed by atoms with Crippen molar-refractivity contribution in [3.05, 3.63) is 46.2 Å². The van der Waals surface area contributed by atoms with Crippen LogP contribution in [0.2, 0.25) is 0 Å². The van der Waals surface area contributed by atoms with Crippen LogP contribution in [-0.2, 0) is 11.4 Å². The van der Waals surface area contributed by atoms with Gasteiger partial charge in [0.2, 0.25) is 5.91 Å². The summed E-state index contributed by atoms with van der Waals surface area (Å²) in [5.41, 5.74) is 1.24. The molecule has 0 saturated carbocycles. The van der Waals surface area contributed by atoms with Crippen molar-refractivity contribution in [1.29, 1.82) is 0 Å². The fourth-order valence-corrected chi connectivity index (χ4v) is 3.80. The van der Waals surface area contributed by atoms with E-state index >= 15 is 0 Å². The van der Waals surface area contributed by atoms with Crippen LogP contribution in [0.15, 0.2) is 35.1 Å². The molecule has 9 nitrogen and oxygen atoms in total. The largest absolute Gasteiger partial charge is 0.496 e. The van der Waals surface area contributed by atoms with Crippen molar-refractivity contribution in [2.24, 2.45) is 0 Å². The molecule has 4 rings (SSSR count). The molecule has 1 fully saturated rings. The van der Waals surface area contributed by atoms with Gasteiger partial charge in [-0.15, -0.1) is 0 Å². The molecule has 1 saturated heterocycles. The molecule has 2 aromatic heterocycles. The summed E-state index contributed by atoms with van der Waals surface area (Å²) in [6.45, 7) is 4.40. The smallest absolute Gasteiger partial charge is 0.262 e. The minimum atomic E-state index is -0.333. The standard InChI is InChI=1S/C22H25N5O4/c1-3-19(29)27-9-7-26(8-10-27)18-6-4-5-15(23-18)21-24-16-11-14(13-28)12-17(31-2)20(16)22(30)25-21/h4-6,11-12,28H,3,7-10,13H2,1-2H3,(H,24,25,30). The number of piperazine rings is 1. The molecule has 0 radical (unpaired) electrons. The zero-order valence-corrected chi connectivity index (χ0v) is 17.6. The van der Waals surface area contributed by atoms with Crippen molar-refractivity contribution in [2.75, 3.05) is 38.2 Å². The number of hydrogen-bond donors (Lipinski definition) is 2. The third-order valence-corrected chi connectivity index (χ3v) is 5.47. The number of nitrogens with one attached hydrogen (secondary N) is 1. The van der Waals surface area contributed by atoms with Gasteiger partial charge in [0.25, 0.3) is 5.56 Å². The summed E-state index contributed by atoms with van der Waals surface area (Å²) < 4.78 is 5.31. The summed E-state index contributed by atoms with van der Waals surface area (Å²) in [5, 5.41) is 9.84. The Morgan fingerprint density at radius 2 is 1.97 bits per heavy atom. The maximum atomic E-state index is 12.8. The number of ether oxygens (including phenoxy) is 1. The highest BCUT2D eigenvalue weighted by molar-refractivity contribution is 5.86. The average Bonchev–Trinajstić information content (AvgIpc) is 2.82. The molecule has 0 unspecified atom stereocenters. The van der Waals surface area contributed by atoms with Crippen LogP contribution in [0.1, 0.15) is 18.9 Å². The van der Waals surface area contributed by atoms with E-state index in [0.717, 1.165) is 5.82 Å². The number of aromatic amines is 1. The SMILES string of the molecule is CCC(=O)N1CCN(c2cccc(-c3nc4cc(CO)cc(OC)c4c(=O)[nH]3)n2)CC1. The minimum Gasteiger partial charge on any atom is -0.496 e. The van der Waals surface area contributed by atoms with E-state index in [1.807, 2.05) is 24.0 Å². The number of pyridine rings is 1. The van der Waals surface area contributed by atoms with Gasteiger partial charge in [0.05, 0.1) is 19.2 Å². The van der Waals surface area contributed by atoms with Gasteiger partial charge in [-0.1, -0.05) is 13.0 Å². The number of methoxy groups -OCH3 is 1. The Bertz CT molecular complexity index is 1170. The van der Waals surface area contributed by atoms with E-state index in [4.69, 9.17) is 9.72 Å². The van der Waals surface area contributed by atoms with Crippen LogP contribution in [-0.4, -0.2) is 64.2 Å². The minimum absolute atomic E-state index is 0.164. The Morgan fingerprint density at radius 1 is 1.19 bits per heavy atom. The fourth-order valence-electron chi connectivity index (χ4n) is 3.80. The molecule has 0 spiro atoms. The number of aliphatic hydroxyl groups excluding tert-OH is 1. The molecule has 9 heteroatoms. The topological polar surface area (TPSA) is 112 Å². The normalized spacial score (nSPS) is 14.2. The van der Waals surface area contributed by atoms with Gasteiger partial charge in [0.15, 0.2) is 5.82 Å². The van der Waals surface area contributed by atoms with E-state index in [2.05, 4.69) is 14.9 Å². The van der Waals surface area contributed by atoms with Crippen molar-refractivity contribution >= 4 is 22.6 Å². The van der Waals surface area contributed by atoms with Crippen LogP contribution >= 0.6 is 0 Å². The summed E-state index contributed by atoms with van der Waals surface area (Å²) >= 11 is 0. The first-order valence-corrected chi connectivity index (χ1v) is 10.3. The number of benzene rings is 1. The molecule has 0 atom stereocenters. The number of nitrogens with zero attached hydrogens (tertiary/aromatic N) is 4. The Labute approximate surface area is 179 Å². The monoisotopic (exact) mass is 423 g/mol. The number of aromatic nitrogens is 3. The van der Waals surface area contributed by atoms with Gasteiger partial charge in [0, 0.05) is 32.6 Å². The lowest BCUT2D eigenvalue weighted by Gasteiger charge is -2.35. The predicted octanol–water partition coefficient (Wildman–Crippen LogP) is 1.54. The second kappa shape index (κ2) is 8.73. The molecule has 1 aliphatic heterocycles. The van der Waals surface area contributed by atoms with Crippen LogP contribution in [0, 0.1) is 0 Å². The molecule has 1 amide bonds. The van der Waals surface area contributed by atoms with Crippen molar-refractivity contribution in [3.63, 3.8) is 0 Å². The van der Waals surface area contributed by atoms with Crippen molar-refractivity contribution in [1.82, 2.24) is 19.9 Å². The second-order valence-electron chi connectivity index (χ2n) is 7.37. The van der Waals surface area contributed by atoms with E-state index in [-0.39, 0.29) is 18.1 Å². The van der Waals surface area contributed by atoms with E-state index in [1.54, 1.807) is 18.2 Å². The third-order valence-electron chi connectivity index (χ3n) is 5.47. The Kier molecular flexibility index (Phi) is 5.85. The van der Waals surface area contributed by atoms with Gasteiger partial charge in [-0.25, -0.2) is 9.97 Å². The van der Waals surface area contributed by atoms with Crippen LogP contribution in [0.25, 0.3) is 22.4 Å². The Hall–Kier alpha value is -3.46. The number of rotatable bonds is 5. The number of carbonyl (C=O) groups excluding carboxylic acids is 1. The molecule has 1 aliphatic rings. The van der Waals surface area contributed by atoms with Gasteiger partial charge in [-0.05, 0) is 29.8 Å². The fraction of sp³-hybridized carbons (Fsp3) is 0.364. The maximum Gasteiger partial charge on any atom is 0.262 e. The zero-order valence-electron chi connectivity index (χ0n) is 17.6. The number of hydrogen-bond acceptors (Lipinski definition) is 7. The van der Waals surface area contributed by atoms with E-state index in [9.17, 15) is 14.7 Å². The van der Waals surface area contributed by atoms with Gasteiger partial charge < -0.3 is 24.6 Å². The molecule has 2 N–H and O–H groups in total. The molecule has 1 aromatic carbocycles. The van der Waals surface area contributed by atoms with Gasteiger partial charge in [0.1, 0.15) is 22.6 Å². The van der Waals surface area contributed by atoms with Gasteiger partial charge in [-0.3, -0.25) is 9.59 Å². The summed E-state index contributed by atoms with van der Waals surface area (Å²) in [6, 6.07) is 8.87. The summed E-state index contributed by atoms with van der Waals surface area (Å²) in [5.74, 6) is 1.64. The van der Waals surface area contributed by atoms with Crippen molar-refractivity contribution in [2.45, 2.75) is 20.0 Å². The first-order chi connectivity index (χ1) is 15.0. The first-order valence-electron chi connectivity index (χ1n) is 10.3. The first kappa shape index (κ1) is 20.8. The number of H-pyrrole nitrogens is 1. The number of aliphatic hydroxyl groups is 1.